The van der Waals surface area contributed by atoms with Crippen molar-refractivity contribution in [3.05, 3.63) is 41.1 Å². The highest BCUT2D eigenvalue weighted by molar-refractivity contribution is 7.62. The second-order valence-corrected chi connectivity index (χ2v) is 12.7. The minimum Gasteiger partial charge on any atom is -0.399 e. The van der Waals surface area contributed by atoms with Gasteiger partial charge in [0.05, 0.1) is 40.8 Å². The van der Waals surface area contributed by atoms with E-state index in [0.29, 0.717) is 5.47 Å². The molecule has 0 amide bonds. The molecule has 1 aromatic rings. The number of benzene rings is 1. The molecule has 0 atom stereocenters. The van der Waals surface area contributed by atoms with Gasteiger partial charge in [-0.2, -0.15) is 0 Å². The molecule has 0 aliphatic carbocycles. The third kappa shape index (κ3) is 4.99. The Morgan fingerprint density at radius 2 is 1.12 bits per heavy atom. The van der Waals surface area contributed by atoms with Crippen LogP contribution >= 0.6 is 7.60 Å². The van der Waals surface area contributed by atoms with Crippen molar-refractivity contribution in [2.75, 3.05) is 13.2 Å². The first-order chi connectivity index (χ1) is 15.6. The second-order valence-electron chi connectivity index (χ2n) is 10.7. The van der Waals surface area contributed by atoms with E-state index < -0.39 is 44.2 Å². The van der Waals surface area contributed by atoms with Crippen LogP contribution in [0, 0.1) is 0 Å². The van der Waals surface area contributed by atoms with Crippen LogP contribution in [-0.4, -0.2) is 49.9 Å². The first-order valence-electron chi connectivity index (χ1n) is 12.0. The molecular weight excluding hydrogens is 453 g/mol. The molecule has 2 heterocycles. The zero-order valence-corrected chi connectivity index (χ0v) is 23.2. The zero-order chi connectivity index (χ0) is 25.6. The summed E-state index contributed by atoms with van der Waals surface area (Å²) in [4.78, 5) is 0. The summed E-state index contributed by atoms with van der Waals surface area (Å²) < 4.78 is 51.9. The smallest absolute Gasteiger partial charge is 0.399 e. The summed E-state index contributed by atoms with van der Waals surface area (Å²) in [5.74, 6) is 0. The van der Waals surface area contributed by atoms with Crippen molar-refractivity contribution >= 4 is 27.3 Å². The van der Waals surface area contributed by atoms with Crippen molar-refractivity contribution in [1.29, 1.82) is 0 Å². The van der Waals surface area contributed by atoms with E-state index in [-0.39, 0.29) is 18.4 Å². The summed E-state index contributed by atoms with van der Waals surface area (Å²) in [6.07, 6.45) is 0. The van der Waals surface area contributed by atoms with Crippen LogP contribution in [0.15, 0.2) is 35.5 Å². The molecule has 0 unspecified atom stereocenters. The molecule has 0 saturated carbocycles. The van der Waals surface area contributed by atoms with Gasteiger partial charge in [0.1, 0.15) is 0 Å². The van der Waals surface area contributed by atoms with Crippen LogP contribution in [0.25, 0.3) is 5.47 Å². The standard InChI is InChI=1S/C24H39B2O7P/c1-11-28-34(27,29-12-2)20(26-32-23(7,8)24(9,10)33-26)19(18-16-14-13-15-17-18)25-30-21(3,4)22(5,6)31-25/h13-17H,11-12H2,1-10H3/b20-19+. The molecule has 2 fully saturated rings. The molecule has 0 radical (unpaired) electrons. The number of rotatable bonds is 8. The zero-order valence-electron chi connectivity index (χ0n) is 22.3. The Labute approximate surface area is 205 Å². The van der Waals surface area contributed by atoms with Gasteiger partial charge >= 0.3 is 21.8 Å². The first-order valence-corrected chi connectivity index (χ1v) is 13.6. The average molecular weight is 492 g/mol. The Balaban J connectivity index is 2.33. The van der Waals surface area contributed by atoms with Gasteiger partial charge in [-0.25, -0.2) is 0 Å². The molecular formula is C24H39B2O7P. The molecule has 0 bridgehead atoms. The third-order valence-corrected chi connectivity index (χ3v) is 9.46. The summed E-state index contributed by atoms with van der Waals surface area (Å²) in [6, 6.07) is 9.59. The van der Waals surface area contributed by atoms with Crippen molar-refractivity contribution in [1.82, 2.24) is 0 Å². The number of hydrogen-bond donors (Lipinski definition) is 0. The molecule has 0 aromatic heterocycles. The van der Waals surface area contributed by atoms with Gasteiger partial charge < -0.3 is 27.7 Å². The van der Waals surface area contributed by atoms with Crippen LogP contribution in [0.5, 0.6) is 0 Å². The lowest BCUT2D eigenvalue weighted by molar-refractivity contribution is 0.00578. The quantitative estimate of drug-likeness (QED) is 0.329. The Morgan fingerprint density at radius 1 is 0.735 bits per heavy atom. The lowest BCUT2D eigenvalue weighted by Gasteiger charge is -2.32. The van der Waals surface area contributed by atoms with Gasteiger partial charge in [0.2, 0.25) is 0 Å². The lowest BCUT2D eigenvalue weighted by Crippen LogP contribution is -2.41. The largest absolute Gasteiger partial charge is 0.502 e. The molecule has 0 N–H and O–H groups in total. The molecule has 34 heavy (non-hydrogen) atoms. The average Bonchev–Trinajstić information content (AvgIpc) is 3.05. The Hall–Kier alpha value is -0.920. The molecule has 2 aliphatic rings. The normalized spacial score (nSPS) is 23.8. The highest BCUT2D eigenvalue weighted by Gasteiger charge is 2.60. The van der Waals surface area contributed by atoms with Crippen molar-refractivity contribution in [2.24, 2.45) is 0 Å². The molecule has 1 aromatic carbocycles. The predicted octanol–water partition coefficient (Wildman–Crippen LogP) is 5.93. The van der Waals surface area contributed by atoms with Crippen LogP contribution < -0.4 is 0 Å². The molecule has 3 rings (SSSR count). The first kappa shape index (κ1) is 27.7. The van der Waals surface area contributed by atoms with Crippen molar-refractivity contribution in [2.45, 2.75) is 91.6 Å². The van der Waals surface area contributed by atoms with Crippen molar-refractivity contribution in [3.8, 4) is 0 Å². The summed E-state index contributed by atoms with van der Waals surface area (Å²) in [7, 11) is -5.70. The van der Waals surface area contributed by atoms with Crippen molar-refractivity contribution < 1.29 is 32.2 Å². The fourth-order valence-corrected chi connectivity index (χ4v) is 5.78. The van der Waals surface area contributed by atoms with Crippen LogP contribution in [0.1, 0.15) is 74.8 Å². The lowest BCUT2D eigenvalue weighted by atomic mass is 9.68. The van der Waals surface area contributed by atoms with Crippen LogP contribution in [0.3, 0.4) is 0 Å². The fraction of sp³-hybridized carbons (Fsp3) is 0.667. The van der Waals surface area contributed by atoms with E-state index >= 15 is 0 Å². The van der Waals surface area contributed by atoms with E-state index in [4.69, 9.17) is 27.7 Å². The van der Waals surface area contributed by atoms with E-state index in [2.05, 4.69) is 0 Å². The van der Waals surface area contributed by atoms with E-state index in [9.17, 15) is 4.57 Å². The fourth-order valence-electron chi connectivity index (χ4n) is 3.86. The molecule has 2 saturated heterocycles. The minimum atomic E-state index is -3.88. The van der Waals surface area contributed by atoms with E-state index in [1.54, 1.807) is 13.8 Å². The number of hydrogen-bond acceptors (Lipinski definition) is 7. The third-order valence-electron chi connectivity index (χ3n) is 7.22. The van der Waals surface area contributed by atoms with Crippen molar-refractivity contribution in [3.63, 3.8) is 0 Å². The SMILES string of the molecule is CCOP(=O)(OCC)/C(B1OC(C)(C)C(C)(C)O1)=C(/B1OC(C)(C)C(C)(C)O1)c1ccccc1. The molecule has 0 spiro atoms. The molecule has 2 aliphatic heterocycles. The second kappa shape index (κ2) is 9.51. The summed E-state index contributed by atoms with van der Waals surface area (Å²) >= 11 is 0. The monoisotopic (exact) mass is 492 g/mol. The maximum atomic E-state index is 14.4. The molecule has 10 heteroatoms. The Bertz CT molecular complexity index is 917. The van der Waals surface area contributed by atoms with E-state index in [1.165, 1.54) is 0 Å². The summed E-state index contributed by atoms with van der Waals surface area (Å²) in [6.45, 7) is 19.7. The topological polar surface area (TPSA) is 72.5 Å². The van der Waals surface area contributed by atoms with Gasteiger partial charge in [-0.3, -0.25) is 4.57 Å². The van der Waals surface area contributed by atoms with Gasteiger partial charge in [-0.1, -0.05) is 30.3 Å². The van der Waals surface area contributed by atoms with Crippen LogP contribution in [0.4, 0.5) is 0 Å². The van der Waals surface area contributed by atoms with Gasteiger partial charge in [-0.15, -0.1) is 0 Å². The van der Waals surface area contributed by atoms with Gasteiger partial charge in [-0.05, 0) is 80.3 Å². The van der Waals surface area contributed by atoms with Gasteiger partial charge in [0.15, 0.2) is 0 Å². The molecule has 188 valence electrons. The Morgan fingerprint density at radius 3 is 1.50 bits per heavy atom. The van der Waals surface area contributed by atoms with Crippen LogP contribution in [-0.2, 0) is 32.2 Å². The van der Waals surface area contributed by atoms with Gasteiger partial charge in [0, 0.05) is 0 Å². The highest BCUT2D eigenvalue weighted by Crippen LogP contribution is 2.62. The Kier molecular flexibility index (Phi) is 7.74. The summed E-state index contributed by atoms with van der Waals surface area (Å²) in [5.41, 5.74) is -1.23. The minimum absolute atomic E-state index is 0.186. The van der Waals surface area contributed by atoms with E-state index in [1.807, 2.05) is 85.7 Å². The van der Waals surface area contributed by atoms with Crippen LogP contribution in [0.2, 0.25) is 0 Å². The van der Waals surface area contributed by atoms with Gasteiger partial charge in [0.25, 0.3) is 0 Å². The highest BCUT2D eigenvalue weighted by atomic mass is 31.2. The maximum absolute atomic E-state index is 14.4. The van der Waals surface area contributed by atoms with E-state index in [0.717, 1.165) is 5.56 Å². The maximum Gasteiger partial charge on any atom is 0.502 e. The molecule has 7 nitrogen and oxygen atoms in total. The summed E-state index contributed by atoms with van der Waals surface area (Å²) in [5, 5.41) is 0.277. The predicted molar refractivity (Wildman–Crippen MR) is 136 cm³/mol.